The van der Waals surface area contributed by atoms with Gasteiger partial charge < -0.3 is 4.57 Å². The molecule has 5 heavy (non-hydrogen) atoms. The van der Waals surface area contributed by atoms with Crippen LogP contribution in [0.25, 0.3) is 0 Å². The van der Waals surface area contributed by atoms with Crippen molar-refractivity contribution in [3.63, 3.8) is 0 Å². The monoisotopic (exact) mass is 201 g/mol. The largest absolute Gasteiger partial charge is 0.326 e. The molecule has 0 spiro atoms. The molecule has 0 aromatic carbocycles. The van der Waals surface area contributed by atoms with E-state index in [2.05, 4.69) is 40.5 Å². The molecule has 1 nitrogen and oxygen atoms in total. The van der Waals surface area contributed by atoms with Crippen LogP contribution in [0.15, 0.2) is 0 Å². The molecule has 0 unspecified atom stereocenters. The van der Waals surface area contributed by atoms with Crippen molar-refractivity contribution in [3.8, 4) is 0 Å². The van der Waals surface area contributed by atoms with Crippen molar-refractivity contribution in [2.75, 3.05) is 14.1 Å². The molecule has 3 heteroatoms. The molecule has 0 aromatic rings. The zero-order valence-electron chi connectivity index (χ0n) is 3.53. The molecule has 0 fully saturated rings. The van der Waals surface area contributed by atoms with Crippen LogP contribution in [-0.4, -0.2) is 25.8 Å². The molecule has 0 aliphatic carbocycles. The lowest BCUT2D eigenvalue weighted by Gasteiger charge is -1.97. The number of hydrogen-bond acceptors (Lipinski definition) is 1. The molecule has 0 saturated heterocycles. The van der Waals surface area contributed by atoms with Crippen molar-refractivity contribution in [3.05, 3.63) is 0 Å². The minimum atomic E-state index is 0.152. The first-order valence-electron chi connectivity index (χ1n) is 1.48. The van der Waals surface area contributed by atoms with Crippen LogP contribution in [-0.2, 0) is 0 Å². The van der Waals surface area contributed by atoms with E-state index >= 15 is 0 Å². The minimum Gasteiger partial charge on any atom is -0.326 e. The number of hydrogen-bond donors (Lipinski definition) is 0. The predicted octanol–water partition coefficient (Wildman–Crippen LogP) is -0.0182. The molecule has 0 N–H and O–H groups in total. The Hall–Kier alpha value is 0.907. The molecular weight excluding hydrogens is 193 g/mol. The Bertz CT molecular complexity index is 23.6. The van der Waals surface area contributed by atoms with Gasteiger partial charge in [0.25, 0.3) is 0 Å². The Balaban J connectivity index is 2.54. The highest BCUT2D eigenvalue weighted by molar-refractivity contribution is 14.1. The highest BCUT2D eigenvalue weighted by atomic mass is 127. The lowest BCUT2D eigenvalue weighted by atomic mass is 11.3. The van der Waals surface area contributed by atoms with Gasteiger partial charge in [-0.25, -0.2) is 0 Å². The average molecular weight is 201 g/mol. The fraction of sp³-hybridized carbons (Fsp3) is 1.00. The van der Waals surface area contributed by atoms with E-state index < -0.39 is 0 Å². The van der Waals surface area contributed by atoms with Crippen LogP contribution >= 0.6 is 21.8 Å². The molecular formula is C2H8INSi. The summed E-state index contributed by atoms with van der Waals surface area (Å²) in [6.07, 6.45) is 0. The maximum absolute atomic E-state index is 2.44. The van der Waals surface area contributed by atoms with Gasteiger partial charge in [0.2, 0.25) is 0 Å². The smallest absolute Gasteiger partial charge is 0.165 e. The maximum Gasteiger partial charge on any atom is 0.165 e. The van der Waals surface area contributed by atoms with Crippen LogP contribution < -0.4 is 0 Å². The summed E-state index contributed by atoms with van der Waals surface area (Å²) in [6.45, 7) is 0. The summed E-state index contributed by atoms with van der Waals surface area (Å²) < 4.78 is 2.25. The third kappa shape index (κ3) is 4.91. The van der Waals surface area contributed by atoms with Crippen LogP contribution in [0, 0.1) is 0 Å². The number of rotatable bonds is 1. The van der Waals surface area contributed by atoms with Crippen molar-refractivity contribution in [2.45, 2.75) is 0 Å². The zero-order chi connectivity index (χ0) is 4.28. The Morgan fingerprint density at radius 3 is 1.80 bits per heavy atom. The highest BCUT2D eigenvalue weighted by Crippen LogP contribution is 1.75. The van der Waals surface area contributed by atoms with E-state index in [0.717, 1.165) is 0 Å². The van der Waals surface area contributed by atoms with Crippen molar-refractivity contribution in [2.24, 2.45) is 0 Å². The van der Waals surface area contributed by atoms with Gasteiger partial charge in [0.05, 0.1) is 0 Å². The molecule has 0 aromatic heterocycles. The maximum atomic E-state index is 2.44. The summed E-state index contributed by atoms with van der Waals surface area (Å²) in [5, 5.41) is 0. The highest BCUT2D eigenvalue weighted by Gasteiger charge is 1.76. The fourth-order valence-electron chi connectivity index (χ4n) is 0. The lowest BCUT2D eigenvalue weighted by molar-refractivity contribution is 0.677. The van der Waals surface area contributed by atoms with Crippen LogP contribution in [0.4, 0.5) is 0 Å². The summed E-state index contributed by atoms with van der Waals surface area (Å²) in [7, 11) is 4.37. The van der Waals surface area contributed by atoms with E-state index in [1.54, 1.807) is 0 Å². The van der Waals surface area contributed by atoms with Crippen LogP contribution in [0.2, 0.25) is 0 Å². The quantitative estimate of drug-likeness (QED) is 0.327. The van der Waals surface area contributed by atoms with Gasteiger partial charge in [0.1, 0.15) is 0 Å². The zero-order valence-corrected chi connectivity index (χ0v) is 7.10. The molecule has 0 bridgehead atoms. The third-order valence-electron chi connectivity index (χ3n) is 0.239. The normalized spacial score (nSPS) is 12.0. The Morgan fingerprint density at radius 1 is 1.60 bits per heavy atom. The van der Waals surface area contributed by atoms with Gasteiger partial charge in [-0.3, -0.25) is 0 Å². The summed E-state index contributed by atoms with van der Waals surface area (Å²) in [5.74, 6) is 0. The first-order valence-corrected chi connectivity index (χ1v) is 7.22. The molecule has 0 amide bonds. The second-order valence-corrected chi connectivity index (χ2v) is 4.75. The van der Waals surface area contributed by atoms with Gasteiger partial charge in [0.15, 0.2) is 7.18 Å². The Kier molecular flexibility index (Phi) is 3.67. The number of halogens is 1. The van der Waals surface area contributed by atoms with Crippen molar-refractivity contribution in [1.82, 2.24) is 4.57 Å². The Labute approximate surface area is 47.9 Å². The summed E-state index contributed by atoms with van der Waals surface area (Å²) in [6, 6.07) is 0. The first kappa shape index (κ1) is 5.91. The number of nitrogens with zero attached hydrogens (tertiary/aromatic N) is 1. The molecule has 0 aliphatic heterocycles. The third-order valence-corrected chi connectivity index (χ3v) is 4.81. The topological polar surface area (TPSA) is 3.24 Å². The van der Waals surface area contributed by atoms with E-state index in [1.165, 1.54) is 0 Å². The molecule has 0 rings (SSSR count). The second-order valence-electron chi connectivity index (χ2n) is 1.20. The molecule has 0 aliphatic rings. The molecule has 0 radical (unpaired) electrons. The SMILES string of the molecule is CN(C)[SiH2]I. The van der Waals surface area contributed by atoms with Gasteiger partial charge in [-0.1, -0.05) is 0 Å². The first-order chi connectivity index (χ1) is 2.27. The van der Waals surface area contributed by atoms with Gasteiger partial charge in [-0.2, -0.15) is 0 Å². The van der Waals surface area contributed by atoms with E-state index in [1.807, 2.05) is 0 Å². The lowest BCUT2D eigenvalue weighted by Crippen LogP contribution is -2.10. The fourth-order valence-corrected chi connectivity index (χ4v) is 0. The van der Waals surface area contributed by atoms with E-state index in [4.69, 9.17) is 0 Å². The predicted molar refractivity (Wildman–Crippen MR) is 36.3 cm³/mol. The second kappa shape index (κ2) is 3.11. The standard InChI is InChI=1S/C2H8INSi/c1-4(2)5-3/h5H2,1-2H3. The average Bonchev–Trinajstić information content (AvgIpc) is 1.38. The van der Waals surface area contributed by atoms with Crippen molar-refractivity contribution < 1.29 is 0 Å². The molecule has 0 heterocycles. The van der Waals surface area contributed by atoms with Gasteiger partial charge >= 0.3 is 0 Å². The van der Waals surface area contributed by atoms with Gasteiger partial charge in [-0.15, -0.1) is 21.8 Å². The van der Waals surface area contributed by atoms with Gasteiger partial charge in [-0.05, 0) is 14.1 Å². The summed E-state index contributed by atoms with van der Waals surface area (Å²) in [5.41, 5.74) is 0. The summed E-state index contributed by atoms with van der Waals surface area (Å²) >= 11 is 2.44. The van der Waals surface area contributed by atoms with Crippen molar-refractivity contribution >= 4 is 29.0 Å². The Morgan fingerprint density at radius 2 is 1.80 bits per heavy atom. The van der Waals surface area contributed by atoms with E-state index in [-0.39, 0.29) is 7.18 Å². The van der Waals surface area contributed by atoms with Crippen molar-refractivity contribution in [1.29, 1.82) is 0 Å². The van der Waals surface area contributed by atoms with E-state index in [9.17, 15) is 0 Å². The van der Waals surface area contributed by atoms with Crippen LogP contribution in [0.1, 0.15) is 0 Å². The minimum absolute atomic E-state index is 0.152. The molecule has 0 saturated carbocycles. The molecule has 0 atom stereocenters. The van der Waals surface area contributed by atoms with Gasteiger partial charge in [0, 0.05) is 0 Å². The molecule has 32 valence electrons. The van der Waals surface area contributed by atoms with Crippen LogP contribution in [0.3, 0.4) is 0 Å². The summed E-state index contributed by atoms with van der Waals surface area (Å²) in [4.78, 5) is 0. The van der Waals surface area contributed by atoms with Crippen LogP contribution in [0.5, 0.6) is 0 Å². The van der Waals surface area contributed by atoms with E-state index in [0.29, 0.717) is 0 Å².